The molecule has 0 radical (unpaired) electrons. The van der Waals surface area contributed by atoms with Crippen LogP contribution >= 0.6 is 11.8 Å². The fraction of sp³-hybridized carbons (Fsp3) is 0.400. The average molecular weight is 318 g/mol. The third-order valence-electron chi connectivity index (χ3n) is 3.67. The Labute approximate surface area is 133 Å². The summed E-state index contributed by atoms with van der Waals surface area (Å²) in [6.07, 6.45) is 0. The molecule has 1 aromatic rings. The van der Waals surface area contributed by atoms with Crippen molar-refractivity contribution >= 4 is 34.4 Å². The Balaban J connectivity index is 1.48. The molecule has 0 bridgehead atoms. The smallest absolute Gasteiger partial charge is 0.262 e. The topological polar surface area (TPSA) is 65.0 Å². The molecule has 2 saturated heterocycles. The molecule has 0 unspecified atom stereocenters. The Morgan fingerprint density at radius 3 is 2.55 bits per heavy atom. The molecule has 7 heteroatoms. The van der Waals surface area contributed by atoms with Gasteiger partial charge in [-0.15, -0.1) is 0 Å². The van der Waals surface area contributed by atoms with Crippen LogP contribution in [0.15, 0.2) is 35.3 Å². The van der Waals surface area contributed by atoms with Crippen molar-refractivity contribution in [2.75, 3.05) is 43.4 Å². The number of amidine groups is 1. The zero-order chi connectivity index (χ0) is 15.4. The number of rotatable bonds is 3. The number of thioether (sulfide) groups is 1. The molecule has 2 amide bonds. The van der Waals surface area contributed by atoms with Gasteiger partial charge in [0.1, 0.15) is 0 Å². The van der Waals surface area contributed by atoms with Gasteiger partial charge in [-0.3, -0.25) is 14.5 Å². The average Bonchev–Trinajstić information content (AvgIpc) is 2.94. The van der Waals surface area contributed by atoms with Crippen LogP contribution in [-0.4, -0.2) is 60.4 Å². The van der Waals surface area contributed by atoms with E-state index in [4.69, 9.17) is 0 Å². The summed E-state index contributed by atoms with van der Waals surface area (Å²) in [7, 11) is 0. The van der Waals surface area contributed by atoms with Gasteiger partial charge in [0.25, 0.3) is 5.91 Å². The third kappa shape index (κ3) is 3.86. The minimum atomic E-state index is -0.196. The monoisotopic (exact) mass is 318 g/mol. The molecule has 0 aliphatic carbocycles. The van der Waals surface area contributed by atoms with E-state index >= 15 is 0 Å². The van der Waals surface area contributed by atoms with Crippen molar-refractivity contribution in [3.05, 3.63) is 30.3 Å². The zero-order valence-electron chi connectivity index (χ0n) is 12.2. The normalized spacial score (nSPS) is 21.2. The second-order valence-electron chi connectivity index (χ2n) is 5.25. The molecule has 2 fully saturated rings. The van der Waals surface area contributed by atoms with Crippen LogP contribution in [0.5, 0.6) is 0 Å². The van der Waals surface area contributed by atoms with Gasteiger partial charge in [-0.1, -0.05) is 30.0 Å². The van der Waals surface area contributed by atoms with E-state index in [9.17, 15) is 9.59 Å². The van der Waals surface area contributed by atoms with Gasteiger partial charge < -0.3 is 10.2 Å². The highest BCUT2D eigenvalue weighted by Crippen LogP contribution is 2.15. The number of nitrogens with one attached hydrogen (secondary N) is 1. The second kappa shape index (κ2) is 6.93. The second-order valence-corrected chi connectivity index (χ2v) is 6.21. The Hall–Kier alpha value is -1.86. The van der Waals surface area contributed by atoms with Crippen LogP contribution in [0.3, 0.4) is 0 Å². The Kier molecular flexibility index (Phi) is 4.74. The van der Waals surface area contributed by atoms with E-state index in [1.807, 2.05) is 18.2 Å². The predicted octanol–water partition coefficient (Wildman–Crippen LogP) is 0.554. The van der Waals surface area contributed by atoms with Gasteiger partial charge in [0, 0.05) is 31.9 Å². The summed E-state index contributed by atoms with van der Waals surface area (Å²) in [5.74, 6) is 0.0629. The number of piperazine rings is 1. The highest BCUT2D eigenvalue weighted by Gasteiger charge is 2.21. The lowest BCUT2D eigenvalue weighted by molar-refractivity contribution is -0.119. The first kappa shape index (κ1) is 15.1. The fourth-order valence-electron chi connectivity index (χ4n) is 2.53. The molecule has 2 aliphatic heterocycles. The van der Waals surface area contributed by atoms with Gasteiger partial charge in [0.05, 0.1) is 12.3 Å². The number of aliphatic imine (C=N–C) groups is 1. The van der Waals surface area contributed by atoms with Crippen molar-refractivity contribution < 1.29 is 9.59 Å². The largest absolute Gasteiger partial charge is 0.369 e. The Bertz CT molecular complexity index is 582. The lowest BCUT2D eigenvalue weighted by atomic mass is 10.2. The van der Waals surface area contributed by atoms with Gasteiger partial charge in [-0.2, -0.15) is 4.99 Å². The van der Waals surface area contributed by atoms with Gasteiger partial charge in [-0.05, 0) is 12.1 Å². The Morgan fingerprint density at radius 1 is 1.18 bits per heavy atom. The van der Waals surface area contributed by atoms with E-state index in [1.165, 1.54) is 17.4 Å². The molecule has 22 heavy (non-hydrogen) atoms. The van der Waals surface area contributed by atoms with Crippen molar-refractivity contribution in [3.63, 3.8) is 0 Å². The van der Waals surface area contributed by atoms with Crippen molar-refractivity contribution in [2.24, 2.45) is 4.99 Å². The van der Waals surface area contributed by atoms with Crippen LogP contribution in [-0.2, 0) is 9.59 Å². The molecule has 0 spiro atoms. The first-order valence-electron chi connectivity index (χ1n) is 7.27. The minimum Gasteiger partial charge on any atom is -0.369 e. The SMILES string of the molecule is O=C(CN1CCN(c2ccccc2)CC1)N=C1NC(=O)CS1. The number of para-hydroxylation sites is 1. The first-order chi connectivity index (χ1) is 10.7. The van der Waals surface area contributed by atoms with Crippen LogP contribution in [0.4, 0.5) is 5.69 Å². The Morgan fingerprint density at radius 2 is 1.91 bits per heavy atom. The maximum Gasteiger partial charge on any atom is 0.262 e. The molecule has 116 valence electrons. The maximum atomic E-state index is 11.9. The zero-order valence-corrected chi connectivity index (χ0v) is 13.0. The van der Waals surface area contributed by atoms with Crippen molar-refractivity contribution in [3.8, 4) is 0 Å². The van der Waals surface area contributed by atoms with E-state index in [2.05, 4.69) is 32.2 Å². The molecule has 2 heterocycles. The van der Waals surface area contributed by atoms with E-state index < -0.39 is 0 Å². The predicted molar refractivity (Wildman–Crippen MR) is 88.1 cm³/mol. The van der Waals surface area contributed by atoms with Crippen LogP contribution in [0.25, 0.3) is 0 Å². The highest BCUT2D eigenvalue weighted by molar-refractivity contribution is 8.15. The molecule has 1 aromatic carbocycles. The van der Waals surface area contributed by atoms with Crippen LogP contribution in [0.1, 0.15) is 0 Å². The van der Waals surface area contributed by atoms with Gasteiger partial charge in [-0.25, -0.2) is 0 Å². The molecule has 2 aliphatic rings. The maximum absolute atomic E-state index is 11.9. The number of amides is 2. The standard InChI is InChI=1S/C15H18N4O2S/c20-13(16-15-17-14(21)11-22-15)10-18-6-8-19(9-7-18)12-4-2-1-3-5-12/h1-5H,6-11H2,(H,16,17,20,21). The molecule has 1 N–H and O–H groups in total. The number of benzene rings is 1. The first-order valence-corrected chi connectivity index (χ1v) is 8.26. The quantitative estimate of drug-likeness (QED) is 0.882. The molecular weight excluding hydrogens is 300 g/mol. The summed E-state index contributed by atoms with van der Waals surface area (Å²) < 4.78 is 0. The molecular formula is C15H18N4O2S. The molecule has 0 atom stereocenters. The van der Waals surface area contributed by atoms with Gasteiger partial charge >= 0.3 is 0 Å². The number of hydrogen-bond donors (Lipinski definition) is 1. The molecule has 0 saturated carbocycles. The molecule has 0 aromatic heterocycles. The van der Waals surface area contributed by atoms with Crippen LogP contribution in [0, 0.1) is 0 Å². The van der Waals surface area contributed by atoms with Crippen molar-refractivity contribution in [1.82, 2.24) is 10.2 Å². The highest BCUT2D eigenvalue weighted by atomic mass is 32.2. The summed E-state index contributed by atoms with van der Waals surface area (Å²) in [5.41, 5.74) is 1.22. The van der Waals surface area contributed by atoms with Crippen molar-refractivity contribution in [1.29, 1.82) is 0 Å². The van der Waals surface area contributed by atoms with Gasteiger partial charge in [0.2, 0.25) is 5.91 Å². The number of hydrogen-bond acceptors (Lipinski definition) is 5. The number of nitrogens with zero attached hydrogens (tertiary/aromatic N) is 3. The van der Waals surface area contributed by atoms with E-state index in [-0.39, 0.29) is 11.8 Å². The van der Waals surface area contributed by atoms with Crippen molar-refractivity contribution in [2.45, 2.75) is 0 Å². The summed E-state index contributed by atoms with van der Waals surface area (Å²) in [6, 6.07) is 10.3. The van der Waals surface area contributed by atoms with Crippen LogP contribution in [0.2, 0.25) is 0 Å². The summed E-state index contributed by atoms with van der Waals surface area (Å²) >= 11 is 1.28. The molecule has 3 rings (SSSR count). The molecule has 6 nitrogen and oxygen atoms in total. The van der Waals surface area contributed by atoms with E-state index in [0.29, 0.717) is 17.5 Å². The number of carbonyl (C=O) groups is 2. The fourth-order valence-corrected chi connectivity index (χ4v) is 3.22. The number of carbonyl (C=O) groups excluding carboxylic acids is 2. The lowest BCUT2D eigenvalue weighted by Gasteiger charge is -2.35. The summed E-state index contributed by atoms with van der Waals surface area (Å²) in [4.78, 5) is 31.3. The lowest BCUT2D eigenvalue weighted by Crippen LogP contribution is -2.47. The van der Waals surface area contributed by atoms with E-state index in [0.717, 1.165) is 26.2 Å². The number of anilines is 1. The third-order valence-corrected chi connectivity index (χ3v) is 4.54. The summed E-state index contributed by atoms with van der Waals surface area (Å²) in [6.45, 7) is 3.79. The summed E-state index contributed by atoms with van der Waals surface area (Å²) in [5, 5.41) is 3.01. The van der Waals surface area contributed by atoms with Crippen LogP contribution < -0.4 is 10.2 Å². The minimum absolute atomic E-state index is 0.0898. The van der Waals surface area contributed by atoms with E-state index in [1.54, 1.807) is 0 Å². The van der Waals surface area contributed by atoms with Gasteiger partial charge in [0.15, 0.2) is 5.17 Å².